The highest BCUT2D eigenvalue weighted by molar-refractivity contribution is 14.1. The van der Waals surface area contributed by atoms with Gasteiger partial charge >= 0.3 is 5.97 Å². The predicted molar refractivity (Wildman–Crippen MR) is 80.8 cm³/mol. The summed E-state index contributed by atoms with van der Waals surface area (Å²) >= 11 is 2.14. The lowest BCUT2D eigenvalue weighted by Crippen LogP contribution is -2.34. The van der Waals surface area contributed by atoms with Crippen LogP contribution in [0.15, 0.2) is 36.4 Å². The molecule has 100 valence electrons. The van der Waals surface area contributed by atoms with Gasteiger partial charge in [-0.15, -0.1) is 0 Å². The van der Waals surface area contributed by atoms with Gasteiger partial charge in [-0.2, -0.15) is 0 Å². The lowest BCUT2D eigenvalue weighted by atomic mass is 9.82. The van der Waals surface area contributed by atoms with Crippen LogP contribution in [0.25, 0.3) is 0 Å². The van der Waals surface area contributed by atoms with Crippen molar-refractivity contribution in [2.45, 2.75) is 12.8 Å². The number of anilines is 1. The third-order valence-electron chi connectivity index (χ3n) is 3.22. The van der Waals surface area contributed by atoms with Crippen LogP contribution < -0.4 is 5.32 Å². The number of amides is 1. The molecular weight excluding hydrogens is 357 g/mol. The highest BCUT2D eigenvalue weighted by Crippen LogP contribution is 2.28. The van der Waals surface area contributed by atoms with E-state index in [4.69, 9.17) is 5.11 Å². The molecule has 0 saturated carbocycles. The van der Waals surface area contributed by atoms with Crippen molar-refractivity contribution in [3.63, 3.8) is 0 Å². The fourth-order valence-corrected chi connectivity index (χ4v) is 2.69. The quantitative estimate of drug-likeness (QED) is 0.634. The molecule has 0 unspecified atom stereocenters. The first kappa shape index (κ1) is 14.0. The Bertz CT molecular complexity index is 527. The minimum absolute atomic E-state index is 0.221. The molecule has 0 aromatic heterocycles. The Hall–Kier alpha value is -1.37. The molecule has 0 saturated heterocycles. The maximum Gasteiger partial charge on any atom is 0.307 e. The van der Waals surface area contributed by atoms with E-state index in [2.05, 4.69) is 27.9 Å². The number of allylic oxidation sites excluding steroid dienone is 2. The zero-order chi connectivity index (χ0) is 13.8. The zero-order valence-corrected chi connectivity index (χ0v) is 12.3. The van der Waals surface area contributed by atoms with Crippen molar-refractivity contribution in [3.8, 4) is 0 Å². The summed E-state index contributed by atoms with van der Waals surface area (Å²) in [5.41, 5.74) is 0.729. The average molecular weight is 371 g/mol. The van der Waals surface area contributed by atoms with Crippen molar-refractivity contribution in [3.05, 3.63) is 40.0 Å². The predicted octanol–water partition coefficient (Wildman–Crippen LogP) is 2.90. The van der Waals surface area contributed by atoms with Gasteiger partial charge in [0.2, 0.25) is 5.91 Å². The third kappa shape index (κ3) is 3.34. The molecule has 1 aliphatic rings. The number of carboxylic acids is 1. The summed E-state index contributed by atoms with van der Waals surface area (Å²) in [4.78, 5) is 23.4. The van der Waals surface area contributed by atoms with Gasteiger partial charge in [-0.3, -0.25) is 9.59 Å². The molecule has 0 fully saturated rings. The number of hydrogen-bond donors (Lipinski definition) is 2. The second kappa shape index (κ2) is 6.18. The molecule has 1 aliphatic carbocycles. The van der Waals surface area contributed by atoms with Crippen molar-refractivity contribution in [1.29, 1.82) is 0 Å². The fraction of sp³-hybridized carbons (Fsp3) is 0.286. The molecule has 0 heterocycles. The zero-order valence-electron chi connectivity index (χ0n) is 10.2. The molecule has 2 N–H and O–H groups in total. The molecule has 1 amide bonds. The smallest absolute Gasteiger partial charge is 0.307 e. The Morgan fingerprint density at radius 1 is 1.16 bits per heavy atom. The van der Waals surface area contributed by atoms with Gasteiger partial charge in [-0.25, -0.2) is 0 Å². The Kier molecular flexibility index (Phi) is 4.57. The van der Waals surface area contributed by atoms with E-state index in [1.54, 1.807) is 0 Å². The minimum atomic E-state index is -0.910. The van der Waals surface area contributed by atoms with Crippen molar-refractivity contribution in [2.24, 2.45) is 11.8 Å². The van der Waals surface area contributed by atoms with Crippen LogP contribution in [0, 0.1) is 15.4 Å². The normalized spacial score (nSPS) is 21.9. The molecule has 2 atom stereocenters. The van der Waals surface area contributed by atoms with E-state index in [9.17, 15) is 9.59 Å². The second-order valence-corrected chi connectivity index (χ2v) is 5.63. The van der Waals surface area contributed by atoms with Crippen molar-refractivity contribution in [1.82, 2.24) is 0 Å². The number of hydrogen-bond acceptors (Lipinski definition) is 2. The molecule has 19 heavy (non-hydrogen) atoms. The molecule has 1 aromatic rings. The van der Waals surface area contributed by atoms with Gasteiger partial charge in [-0.1, -0.05) is 24.3 Å². The number of carbonyl (C=O) groups is 2. The molecule has 1 aromatic carbocycles. The van der Waals surface area contributed by atoms with Crippen LogP contribution in [-0.2, 0) is 9.59 Å². The second-order valence-electron chi connectivity index (χ2n) is 4.46. The SMILES string of the molecule is O=C(O)[C@H]1CC=CC[C@H]1C(=O)Nc1ccccc1I. The lowest BCUT2D eigenvalue weighted by Gasteiger charge is -2.24. The van der Waals surface area contributed by atoms with Crippen LogP contribution in [0.3, 0.4) is 0 Å². The van der Waals surface area contributed by atoms with Crippen LogP contribution in [0.1, 0.15) is 12.8 Å². The Morgan fingerprint density at radius 3 is 2.42 bits per heavy atom. The largest absolute Gasteiger partial charge is 0.481 e. The lowest BCUT2D eigenvalue weighted by molar-refractivity contribution is -0.146. The van der Waals surface area contributed by atoms with E-state index < -0.39 is 17.8 Å². The molecule has 0 bridgehead atoms. The fourth-order valence-electron chi connectivity index (χ4n) is 2.16. The Labute approximate surface area is 125 Å². The number of carbonyl (C=O) groups excluding carboxylic acids is 1. The number of nitrogens with one attached hydrogen (secondary N) is 1. The first-order chi connectivity index (χ1) is 9.09. The number of para-hydroxylation sites is 1. The monoisotopic (exact) mass is 371 g/mol. The average Bonchev–Trinajstić information content (AvgIpc) is 2.41. The molecule has 5 heteroatoms. The van der Waals surface area contributed by atoms with Gasteiger partial charge in [-0.05, 0) is 47.6 Å². The van der Waals surface area contributed by atoms with E-state index in [1.807, 2.05) is 36.4 Å². The molecule has 2 rings (SSSR count). The molecule has 4 nitrogen and oxygen atoms in total. The van der Waals surface area contributed by atoms with E-state index in [0.29, 0.717) is 12.8 Å². The van der Waals surface area contributed by atoms with Crippen molar-refractivity contribution >= 4 is 40.2 Å². The van der Waals surface area contributed by atoms with Gasteiger partial charge in [0.05, 0.1) is 17.5 Å². The Balaban J connectivity index is 2.13. The molecular formula is C14H14INO3. The van der Waals surface area contributed by atoms with Crippen LogP contribution in [-0.4, -0.2) is 17.0 Å². The standard InChI is InChI=1S/C14H14INO3/c15-11-7-3-4-8-12(11)16-13(17)9-5-1-2-6-10(9)14(18)19/h1-4,7-10H,5-6H2,(H,16,17)(H,18,19)/t9-,10+/m1/s1. The van der Waals surface area contributed by atoms with Crippen molar-refractivity contribution in [2.75, 3.05) is 5.32 Å². The summed E-state index contributed by atoms with van der Waals surface area (Å²) in [5, 5.41) is 12.0. The van der Waals surface area contributed by atoms with Crippen LogP contribution in [0.4, 0.5) is 5.69 Å². The highest BCUT2D eigenvalue weighted by Gasteiger charge is 2.34. The summed E-state index contributed by atoms with van der Waals surface area (Å²) in [6.07, 6.45) is 4.60. The van der Waals surface area contributed by atoms with Crippen LogP contribution >= 0.6 is 22.6 Å². The first-order valence-electron chi connectivity index (χ1n) is 6.03. The number of rotatable bonds is 3. The number of benzene rings is 1. The number of aliphatic carboxylic acids is 1. The van der Waals surface area contributed by atoms with Gasteiger partial charge in [0, 0.05) is 3.57 Å². The Morgan fingerprint density at radius 2 is 1.79 bits per heavy atom. The third-order valence-corrected chi connectivity index (χ3v) is 4.16. The maximum atomic E-state index is 12.2. The minimum Gasteiger partial charge on any atom is -0.481 e. The summed E-state index contributed by atoms with van der Waals surface area (Å²) in [5.74, 6) is -2.27. The first-order valence-corrected chi connectivity index (χ1v) is 7.10. The van der Waals surface area contributed by atoms with Gasteiger partial charge in [0.15, 0.2) is 0 Å². The van der Waals surface area contributed by atoms with E-state index >= 15 is 0 Å². The maximum absolute atomic E-state index is 12.2. The summed E-state index contributed by atoms with van der Waals surface area (Å²) in [6, 6.07) is 7.44. The van der Waals surface area contributed by atoms with Gasteiger partial charge in [0.1, 0.15) is 0 Å². The molecule has 0 radical (unpaired) electrons. The van der Waals surface area contributed by atoms with Crippen molar-refractivity contribution < 1.29 is 14.7 Å². The summed E-state index contributed by atoms with van der Waals surface area (Å²) in [7, 11) is 0. The van der Waals surface area contributed by atoms with Gasteiger partial charge in [0.25, 0.3) is 0 Å². The summed E-state index contributed by atoms with van der Waals surface area (Å²) in [6.45, 7) is 0. The van der Waals surface area contributed by atoms with Crippen LogP contribution in [0.5, 0.6) is 0 Å². The van der Waals surface area contributed by atoms with Crippen LogP contribution in [0.2, 0.25) is 0 Å². The van der Waals surface area contributed by atoms with E-state index in [0.717, 1.165) is 9.26 Å². The number of carboxylic acid groups (broad SMARTS) is 1. The topological polar surface area (TPSA) is 66.4 Å². The molecule has 0 aliphatic heterocycles. The van der Waals surface area contributed by atoms with E-state index in [1.165, 1.54) is 0 Å². The highest BCUT2D eigenvalue weighted by atomic mass is 127. The summed E-state index contributed by atoms with van der Waals surface area (Å²) < 4.78 is 0.937. The van der Waals surface area contributed by atoms with Gasteiger partial charge < -0.3 is 10.4 Å². The molecule has 0 spiro atoms. The number of halogens is 1. The van der Waals surface area contributed by atoms with E-state index in [-0.39, 0.29) is 5.91 Å².